The zero-order valence-electron chi connectivity index (χ0n) is 11.9. The number of hydrogen-bond acceptors (Lipinski definition) is 3. The Morgan fingerprint density at radius 2 is 1.76 bits per heavy atom. The zero-order chi connectivity index (χ0) is 15.4. The number of aryl methyl sites for hydroxylation is 2. The van der Waals surface area contributed by atoms with Crippen molar-refractivity contribution < 1.29 is 4.79 Å². The molecule has 21 heavy (non-hydrogen) atoms. The fraction of sp³-hybridized carbons (Fsp3) is 0.125. The second-order valence-corrected chi connectivity index (χ2v) is 5.26. The molecule has 0 bridgehead atoms. The highest BCUT2D eigenvalue weighted by atomic mass is 32.1. The molecular formula is C16H17N3OS. The van der Waals surface area contributed by atoms with Crippen molar-refractivity contribution in [3.8, 4) is 0 Å². The monoisotopic (exact) mass is 299 g/mol. The first kappa shape index (κ1) is 15.0. The van der Waals surface area contributed by atoms with Crippen LogP contribution in [0.1, 0.15) is 21.5 Å². The Bertz CT molecular complexity index is 680. The number of nitrogens with one attached hydrogen (secondary N) is 2. The van der Waals surface area contributed by atoms with E-state index in [0.29, 0.717) is 11.3 Å². The van der Waals surface area contributed by atoms with Gasteiger partial charge in [0.1, 0.15) is 0 Å². The zero-order valence-corrected chi connectivity index (χ0v) is 12.8. The average Bonchev–Trinajstić information content (AvgIpc) is 2.42. The first-order valence-corrected chi connectivity index (χ1v) is 6.91. The van der Waals surface area contributed by atoms with Crippen LogP contribution in [0.15, 0.2) is 42.5 Å². The van der Waals surface area contributed by atoms with E-state index in [0.717, 1.165) is 16.8 Å². The van der Waals surface area contributed by atoms with Crippen LogP contribution >= 0.6 is 12.2 Å². The van der Waals surface area contributed by atoms with E-state index in [1.165, 1.54) is 0 Å². The van der Waals surface area contributed by atoms with E-state index in [-0.39, 0.29) is 11.0 Å². The Morgan fingerprint density at radius 3 is 2.38 bits per heavy atom. The molecule has 2 aromatic carbocycles. The van der Waals surface area contributed by atoms with Gasteiger partial charge in [0, 0.05) is 16.9 Å². The molecule has 0 heterocycles. The van der Waals surface area contributed by atoms with Gasteiger partial charge in [0.25, 0.3) is 5.91 Å². The van der Waals surface area contributed by atoms with Gasteiger partial charge in [-0.2, -0.15) is 0 Å². The maximum Gasteiger partial charge on any atom is 0.257 e. The van der Waals surface area contributed by atoms with Gasteiger partial charge in [-0.1, -0.05) is 17.7 Å². The van der Waals surface area contributed by atoms with Crippen molar-refractivity contribution in [2.45, 2.75) is 13.8 Å². The lowest BCUT2D eigenvalue weighted by molar-refractivity contribution is 0.0977. The molecule has 0 aromatic heterocycles. The molecule has 0 saturated carbocycles. The van der Waals surface area contributed by atoms with E-state index in [4.69, 9.17) is 18.0 Å². The summed E-state index contributed by atoms with van der Waals surface area (Å²) in [4.78, 5) is 12.0. The second-order valence-electron chi connectivity index (χ2n) is 4.85. The number of nitrogens with two attached hydrogens (primary N) is 1. The van der Waals surface area contributed by atoms with Crippen LogP contribution in [0.2, 0.25) is 0 Å². The van der Waals surface area contributed by atoms with Gasteiger partial charge >= 0.3 is 0 Å². The summed E-state index contributed by atoms with van der Waals surface area (Å²) in [5, 5.41) is 5.91. The van der Waals surface area contributed by atoms with Gasteiger partial charge in [-0.05, 0) is 62.0 Å². The van der Waals surface area contributed by atoms with Crippen LogP contribution in [0.25, 0.3) is 0 Å². The average molecular weight is 299 g/mol. The smallest absolute Gasteiger partial charge is 0.257 e. The normalized spacial score (nSPS) is 10.0. The molecule has 2 aromatic rings. The van der Waals surface area contributed by atoms with Crippen LogP contribution < -0.4 is 16.4 Å². The molecule has 0 atom stereocenters. The van der Waals surface area contributed by atoms with Crippen molar-refractivity contribution in [1.82, 2.24) is 5.32 Å². The Hall–Kier alpha value is -2.40. The third kappa shape index (κ3) is 4.03. The van der Waals surface area contributed by atoms with E-state index in [2.05, 4.69) is 10.6 Å². The third-order valence-electron chi connectivity index (χ3n) is 3.04. The van der Waals surface area contributed by atoms with Gasteiger partial charge in [-0.3, -0.25) is 10.1 Å². The van der Waals surface area contributed by atoms with Gasteiger partial charge < -0.3 is 11.1 Å². The Kier molecular flexibility index (Phi) is 4.55. The maximum absolute atomic E-state index is 12.0. The number of hydrogen-bond donors (Lipinski definition) is 3. The van der Waals surface area contributed by atoms with Gasteiger partial charge in [-0.15, -0.1) is 0 Å². The summed E-state index contributed by atoms with van der Waals surface area (Å²) in [5.41, 5.74) is 9.83. The minimum Gasteiger partial charge on any atom is -0.399 e. The largest absolute Gasteiger partial charge is 0.399 e. The molecule has 0 aliphatic rings. The lowest BCUT2D eigenvalue weighted by Gasteiger charge is -2.12. The number of carbonyl (C=O) groups is 1. The van der Waals surface area contributed by atoms with Crippen LogP contribution in [0, 0.1) is 13.8 Å². The highest BCUT2D eigenvalue weighted by Gasteiger charge is 2.08. The van der Waals surface area contributed by atoms with Crippen molar-refractivity contribution in [3.63, 3.8) is 0 Å². The van der Waals surface area contributed by atoms with Gasteiger partial charge in [-0.25, -0.2) is 0 Å². The van der Waals surface area contributed by atoms with E-state index in [9.17, 15) is 4.79 Å². The molecule has 4 nitrogen and oxygen atoms in total. The van der Waals surface area contributed by atoms with Gasteiger partial charge in [0.2, 0.25) is 0 Å². The molecule has 1 amide bonds. The number of thiocarbonyl (C=S) groups is 1. The standard InChI is InChI=1S/C16H17N3OS/c1-10-3-5-12(6-4-10)15(20)19-16(21)18-14-8-7-13(17)9-11(14)2/h3-9H,17H2,1-2H3,(H2,18,19,20,21). The van der Waals surface area contributed by atoms with Crippen molar-refractivity contribution in [2.75, 3.05) is 11.1 Å². The molecule has 0 aliphatic heterocycles. The maximum atomic E-state index is 12.0. The van der Waals surface area contributed by atoms with Crippen molar-refractivity contribution in [3.05, 3.63) is 59.2 Å². The van der Waals surface area contributed by atoms with Crippen molar-refractivity contribution in [2.24, 2.45) is 0 Å². The topological polar surface area (TPSA) is 67.2 Å². The number of carbonyl (C=O) groups excluding carboxylic acids is 1. The fourth-order valence-corrected chi connectivity index (χ4v) is 2.06. The molecule has 2 rings (SSSR count). The predicted octanol–water partition coefficient (Wildman–Crippen LogP) is 3.01. The van der Waals surface area contributed by atoms with Crippen molar-refractivity contribution >= 4 is 34.6 Å². The summed E-state index contributed by atoms with van der Waals surface area (Å²) in [5.74, 6) is -0.236. The third-order valence-corrected chi connectivity index (χ3v) is 3.24. The molecule has 0 unspecified atom stereocenters. The van der Waals surface area contributed by atoms with E-state index >= 15 is 0 Å². The Labute approximate surface area is 129 Å². The van der Waals surface area contributed by atoms with Crippen LogP contribution in [0.3, 0.4) is 0 Å². The van der Waals surface area contributed by atoms with E-state index < -0.39 is 0 Å². The number of benzene rings is 2. The number of nitrogen functional groups attached to an aromatic ring is 1. The minimum absolute atomic E-state index is 0.236. The molecular weight excluding hydrogens is 282 g/mol. The van der Waals surface area contributed by atoms with Crippen LogP contribution in [0.4, 0.5) is 11.4 Å². The first-order valence-electron chi connectivity index (χ1n) is 6.51. The summed E-state index contributed by atoms with van der Waals surface area (Å²) in [7, 11) is 0. The predicted molar refractivity (Wildman–Crippen MR) is 90.5 cm³/mol. The fourth-order valence-electron chi connectivity index (χ4n) is 1.86. The number of anilines is 2. The highest BCUT2D eigenvalue weighted by molar-refractivity contribution is 7.80. The molecule has 0 spiro atoms. The first-order chi connectivity index (χ1) is 9.95. The Balaban J connectivity index is 2.01. The molecule has 108 valence electrons. The molecule has 5 heteroatoms. The van der Waals surface area contributed by atoms with Gasteiger partial charge in [0.15, 0.2) is 5.11 Å². The van der Waals surface area contributed by atoms with E-state index in [1.54, 1.807) is 18.2 Å². The van der Waals surface area contributed by atoms with Crippen molar-refractivity contribution in [1.29, 1.82) is 0 Å². The molecule has 4 N–H and O–H groups in total. The molecule has 0 radical (unpaired) electrons. The summed E-state index contributed by atoms with van der Waals surface area (Å²) in [6, 6.07) is 12.7. The molecule has 0 saturated heterocycles. The van der Waals surface area contributed by atoms with Gasteiger partial charge in [0.05, 0.1) is 0 Å². The van der Waals surface area contributed by atoms with Crippen LogP contribution in [-0.2, 0) is 0 Å². The minimum atomic E-state index is -0.236. The lowest BCUT2D eigenvalue weighted by atomic mass is 10.1. The van der Waals surface area contributed by atoms with E-state index in [1.807, 2.05) is 38.1 Å². The second kappa shape index (κ2) is 6.37. The number of rotatable bonds is 2. The molecule has 0 fully saturated rings. The van der Waals surface area contributed by atoms with Crippen LogP contribution in [-0.4, -0.2) is 11.0 Å². The quantitative estimate of drug-likeness (QED) is 0.589. The summed E-state index contributed by atoms with van der Waals surface area (Å²) >= 11 is 5.16. The highest BCUT2D eigenvalue weighted by Crippen LogP contribution is 2.17. The molecule has 0 aliphatic carbocycles. The Morgan fingerprint density at radius 1 is 1.10 bits per heavy atom. The van der Waals surface area contributed by atoms with Crippen LogP contribution in [0.5, 0.6) is 0 Å². The summed E-state index contributed by atoms with van der Waals surface area (Å²) in [6.45, 7) is 3.89. The summed E-state index contributed by atoms with van der Waals surface area (Å²) < 4.78 is 0. The summed E-state index contributed by atoms with van der Waals surface area (Å²) in [6.07, 6.45) is 0. The number of amides is 1. The lowest BCUT2D eigenvalue weighted by Crippen LogP contribution is -2.34. The SMILES string of the molecule is Cc1ccc(C(=O)NC(=S)Nc2ccc(N)cc2C)cc1.